The highest BCUT2D eigenvalue weighted by atomic mass is 16.6. The average Bonchev–Trinajstić information content (AvgIpc) is 2.96. The molecule has 1 saturated heterocycles. The second kappa shape index (κ2) is 6.29. The number of cyclic esters (lactones) is 1. The lowest BCUT2D eigenvalue weighted by Gasteiger charge is -2.24. The quantitative estimate of drug-likeness (QED) is 0.886. The van der Waals surface area contributed by atoms with Crippen molar-refractivity contribution in [1.82, 2.24) is 4.90 Å². The molecule has 1 atom stereocenters. The minimum Gasteiger partial charge on any atom is -0.465 e. The molecule has 2 amide bonds. The first-order chi connectivity index (χ1) is 11.1. The van der Waals surface area contributed by atoms with Gasteiger partial charge in [0, 0.05) is 18.8 Å². The average molecular weight is 318 g/mol. The van der Waals surface area contributed by atoms with E-state index in [-0.39, 0.29) is 6.61 Å². The van der Waals surface area contributed by atoms with E-state index in [1.807, 2.05) is 30.3 Å². The van der Waals surface area contributed by atoms with Crippen molar-refractivity contribution in [2.45, 2.75) is 12.5 Å². The molecule has 2 aliphatic heterocycles. The lowest BCUT2D eigenvalue weighted by Crippen LogP contribution is -2.33. The molecular formula is C16H18N2O5. The Kier molecular flexibility index (Phi) is 4.20. The van der Waals surface area contributed by atoms with Crippen LogP contribution in [0.15, 0.2) is 30.3 Å². The van der Waals surface area contributed by atoms with E-state index >= 15 is 0 Å². The molecule has 122 valence electrons. The van der Waals surface area contributed by atoms with Crippen LogP contribution in [-0.2, 0) is 4.74 Å². The zero-order valence-corrected chi connectivity index (χ0v) is 12.5. The number of ether oxygens (including phenoxy) is 1. The number of aliphatic hydroxyl groups excluding tert-OH is 1. The summed E-state index contributed by atoms with van der Waals surface area (Å²) in [6, 6.07) is 7.50. The van der Waals surface area contributed by atoms with Gasteiger partial charge in [0.2, 0.25) is 0 Å². The SMILES string of the molecule is O=C(O)N1CC=C(c2ccc(N3C[C@H](CO)OC3=O)cc2)CC1. The molecule has 23 heavy (non-hydrogen) atoms. The van der Waals surface area contributed by atoms with Gasteiger partial charge in [-0.2, -0.15) is 0 Å². The monoisotopic (exact) mass is 318 g/mol. The van der Waals surface area contributed by atoms with Gasteiger partial charge in [-0.25, -0.2) is 9.59 Å². The Balaban J connectivity index is 1.71. The van der Waals surface area contributed by atoms with Crippen LogP contribution in [0.1, 0.15) is 12.0 Å². The summed E-state index contributed by atoms with van der Waals surface area (Å²) in [6.07, 6.45) is 0.750. The number of benzene rings is 1. The summed E-state index contributed by atoms with van der Waals surface area (Å²) in [5.74, 6) is 0. The topological polar surface area (TPSA) is 90.3 Å². The molecule has 0 aromatic heterocycles. The smallest absolute Gasteiger partial charge is 0.414 e. The van der Waals surface area contributed by atoms with Crippen LogP contribution in [0.5, 0.6) is 0 Å². The maximum absolute atomic E-state index is 11.8. The van der Waals surface area contributed by atoms with Crippen LogP contribution >= 0.6 is 0 Å². The third kappa shape index (κ3) is 3.14. The van der Waals surface area contributed by atoms with Gasteiger partial charge < -0.3 is 19.8 Å². The number of rotatable bonds is 3. The second-order valence-electron chi connectivity index (χ2n) is 5.55. The van der Waals surface area contributed by atoms with E-state index in [2.05, 4.69) is 0 Å². The van der Waals surface area contributed by atoms with Gasteiger partial charge in [-0.05, 0) is 29.7 Å². The molecule has 2 aliphatic rings. The van der Waals surface area contributed by atoms with E-state index in [0.717, 1.165) is 16.8 Å². The summed E-state index contributed by atoms with van der Waals surface area (Å²) < 4.78 is 5.02. The highest BCUT2D eigenvalue weighted by molar-refractivity contribution is 5.90. The Hall–Kier alpha value is -2.54. The van der Waals surface area contributed by atoms with Crippen LogP contribution in [-0.4, -0.2) is 59.6 Å². The molecule has 1 fully saturated rings. The first kappa shape index (κ1) is 15.4. The van der Waals surface area contributed by atoms with Crippen molar-refractivity contribution in [3.8, 4) is 0 Å². The molecule has 2 heterocycles. The Morgan fingerprint density at radius 1 is 1.30 bits per heavy atom. The van der Waals surface area contributed by atoms with E-state index in [1.54, 1.807) is 0 Å². The van der Waals surface area contributed by atoms with Gasteiger partial charge in [0.05, 0.1) is 13.2 Å². The Morgan fingerprint density at radius 2 is 2.04 bits per heavy atom. The lowest BCUT2D eigenvalue weighted by atomic mass is 9.99. The van der Waals surface area contributed by atoms with Crippen LogP contribution in [0.2, 0.25) is 0 Å². The van der Waals surface area contributed by atoms with E-state index in [4.69, 9.17) is 14.9 Å². The zero-order valence-electron chi connectivity index (χ0n) is 12.5. The van der Waals surface area contributed by atoms with Crippen molar-refractivity contribution in [2.24, 2.45) is 0 Å². The minimum atomic E-state index is -0.901. The van der Waals surface area contributed by atoms with Gasteiger partial charge in [-0.15, -0.1) is 0 Å². The summed E-state index contributed by atoms with van der Waals surface area (Å²) in [5, 5.41) is 18.0. The summed E-state index contributed by atoms with van der Waals surface area (Å²) in [4.78, 5) is 25.5. The maximum Gasteiger partial charge on any atom is 0.414 e. The molecule has 0 unspecified atom stereocenters. The largest absolute Gasteiger partial charge is 0.465 e. The molecule has 1 aromatic carbocycles. The van der Waals surface area contributed by atoms with Gasteiger partial charge in [0.25, 0.3) is 0 Å². The second-order valence-corrected chi connectivity index (χ2v) is 5.55. The van der Waals surface area contributed by atoms with Crippen molar-refractivity contribution in [1.29, 1.82) is 0 Å². The highest BCUT2D eigenvalue weighted by Crippen LogP contribution is 2.27. The summed E-state index contributed by atoms with van der Waals surface area (Å²) in [6.45, 7) is 1.03. The fourth-order valence-electron chi connectivity index (χ4n) is 2.79. The number of nitrogens with zero attached hydrogens (tertiary/aromatic N) is 2. The van der Waals surface area contributed by atoms with Gasteiger partial charge >= 0.3 is 12.2 Å². The van der Waals surface area contributed by atoms with Gasteiger partial charge in [-0.1, -0.05) is 18.2 Å². The van der Waals surface area contributed by atoms with Crippen LogP contribution in [0.4, 0.5) is 15.3 Å². The fourth-order valence-corrected chi connectivity index (χ4v) is 2.79. The molecule has 0 saturated carbocycles. The van der Waals surface area contributed by atoms with E-state index in [1.165, 1.54) is 9.80 Å². The molecular weight excluding hydrogens is 300 g/mol. The number of carbonyl (C=O) groups excluding carboxylic acids is 1. The van der Waals surface area contributed by atoms with Crippen LogP contribution in [0.25, 0.3) is 5.57 Å². The van der Waals surface area contributed by atoms with Crippen molar-refractivity contribution >= 4 is 23.4 Å². The van der Waals surface area contributed by atoms with Gasteiger partial charge in [-0.3, -0.25) is 4.90 Å². The normalized spacial score (nSPS) is 21.2. The predicted molar refractivity (Wildman–Crippen MR) is 83.3 cm³/mol. The first-order valence-corrected chi connectivity index (χ1v) is 7.45. The van der Waals surface area contributed by atoms with E-state index in [0.29, 0.717) is 26.1 Å². The minimum absolute atomic E-state index is 0.187. The Bertz CT molecular complexity index is 640. The summed E-state index contributed by atoms with van der Waals surface area (Å²) in [5.41, 5.74) is 2.84. The van der Waals surface area contributed by atoms with E-state index < -0.39 is 18.3 Å². The summed E-state index contributed by atoms with van der Waals surface area (Å²) in [7, 11) is 0. The molecule has 0 bridgehead atoms. The third-order valence-corrected chi connectivity index (χ3v) is 4.11. The standard InChI is InChI=1S/C16H18N2O5/c19-10-14-9-18(16(22)23-14)13-3-1-11(2-4-13)12-5-7-17(8-6-12)15(20)21/h1-5,14,19H,6-10H2,(H,20,21)/t14-/m1/s1. The molecule has 0 spiro atoms. The molecule has 1 aromatic rings. The van der Waals surface area contributed by atoms with Crippen molar-refractivity contribution in [3.63, 3.8) is 0 Å². The zero-order chi connectivity index (χ0) is 16.4. The molecule has 0 aliphatic carbocycles. The van der Waals surface area contributed by atoms with Crippen molar-refractivity contribution in [2.75, 3.05) is 31.1 Å². The predicted octanol–water partition coefficient (Wildman–Crippen LogP) is 1.77. The fraction of sp³-hybridized carbons (Fsp3) is 0.375. The number of anilines is 1. The van der Waals surface area contributed by atoms with Gasteiger partial charge in [0.15, 0.2) is 0 Å². The van der Waals surface area contributed by atoms with E-state index in [9.17, 15) is 9.59 Å². The van der Waals surface area contributed by atoms with Crippen molar-refractivity contribution < 1.29 is 24.5 Å². The summed E-state index contributed by atoms with van der Waals surface area (Å²) >= 11 is 0. The van der Waals surface area contributed by atoms with Crippen molar-refractivity contribution in [3.05, 3.63) is 35.9 Å². The molecule has 7 heteroatoms. The molecule has 0 radical (unpaired) electrons. The Labute approximate surface area is 133 Å². The van der Waals surface area contributed by atoms with Crippen LogP contribution in [0.3, 0.4) is 0 Å². The first-order valence-electron chi connectivity index (χ1n) is 7.45. The number of hydrogen-bond donors (Lipinski definition) is 2. The maximum atomic E-state index is 11.8. The molecule has 7 nitrogen and oxygen atoms in total. The number of hydrogen-bond acceptors (Lipinski definition) is 4. The lowest BCUT2D eigenvalue weighted by molar-refractivity contribution is 0.0963. The molecule has 2 N–H and O–H groups in total. The molecule has 3 rings (SSSR count). The van der Waals surface area contributed by atoms with Crippen LogP contribution in [0, 0.1) is 0 Å². The number of carbonyl (C=O) groups is 2. The number of carboxylic acid groups (broad SMARTS) is 1. The van der Waals surface area contributed by atoms with Crippen LogP contribution < -0.4 is 4.90 Å². The third-order valence-electron chi connectivity index (χ3n) is 4.11. The van der Waals surface area contributed by atoms with Gasteiger partial charge in [0.1, 0.15) is 6.10 Å². The number of aliphatic hydroxyl groups is 1. The Morgan fingerprint density at radius 3 is 2.57 bits per heavy atom. The highest BCUT2D eigenvalue weighted by Gasteiger charge is 2.31. The number of amides is 2.